The Labute approximate surface area is 91.2 Å². The standard InChI is InChI=1S/C10H15BN2S/c1-6(4-11)8-5-13-7(2)9(12-3)10(13)14-8/h8-10,12H,1-2,4-5H2,3H3. The molecule has 2 fully saturated rings. The molecule has 0 aliphatic carbocycles. The first-order valence-corrected chi connectivity index (χ1v) is 5.79. The molecule has 2 aliphatic heterocycles. The number of thioether (sulfide) groups is 1. The first-order chi connectivity index (χ1) is 6.69. The fourth-order valence-corrected chi connectivity index (χ4v) is 3.72. The van der Waals surface area contributed by atoms with Gasteiger partial charge in [0.1, 0.15) is 0 Å². The van der Waals surface area contributed by atoms with Crippen molar-refractivity contribution in [1.82, 2.24) is 10.2 Å². The van der Waals surface area contributed by atoms with Gasteiger partial charge in [-0.15, -0.1) is 11.8 Å². The van der Waals surface area contributed by atoms with E-state index in [0.29, 0.717) is 23.0 Å². The molecule has 0 aromatic carbocycles. The lowest BCUT2D eigenvalue weighted by Gasteiger charge is -2.46. The van der Waals surface area contributed by atoms with E-state index in [1.807, 2.05) is 18.8 Å². The molecule has 0 aromatic rings. The van der Waals surface area contributed by atoms with Crippen molar-refractivity contribution in [1.29, 1.82) is 0 Å². The van der Waals surface area contributed by atoms with Gasteiger partial charge in [0.05, 0.1) is 19.3 Å². The van der Waals surface area contributed by atoms with Crippen LogP contribution in [0.2, 0.25) is 6.32 Å². The molecule has 0 amide bonds. The second-order valence-electron chi connectivity index (χ2n) is 3.79. The van der Waals surface area contributed by atoms with Gasteiger partial charge in [0.15, 0.2) is 0 Å². The van der Waals surface area contributed by atoms with Crippen LogP contribution >= 0.6 is 11.8 Å². The van der Waals surface area contributed by atoms with Crippen LogP contribution in [0.1, 0.15) is 0 Å². The maximum atomic E-state index is 5.60. The van der Waals surface area contributed by atoms with Gasteiger partial charge in [0.2, 0.25) is 0 Å². The Kier molecular flexibility index (Phi) is 2.67. The van der Waals surface area contributed by atoms with Gasteiger partial charge in [-0.2, -0.15) is 0 Å². The molecule has 0 saturated carbocycles. The predicted octanol–water partition coefficient (Wildman–Crippen LogP) is 0.988. The Morgan fingerprint density at radius 2 is 2.50 bits per heavy atom. The molecule has 14 heavy (non-hydrogen) atoms. The Morgan fingerprint density at radius 1 is 1.79 bits per heavy atom. The summed E-state index contributed by atoms with van der Waals surface area (Å²) < 4.78 is 0. The third kappa shape index (κ3) is 1.32. The van der Waals surface area contributed by atoms with E-state index < -0.39 is 0 Å². The zero-order chi connectivity index (χ0) is 10.3. The summed E-state index contributed by atoms with van der Waals surface area (Å²) in [5.41, 5.74) is 2.35. The number of fused-ring (bicyclic) bond motifs is 1. The molecular weight excluding hydrogens is 191 g/mol. The molecule has 2 saturated heterocycles. The molecule has 3 atom stereocenters. The highest BCUT2D eigenvalue weighted by molar-refractivity contribution is 8.01. The van der Waals surface area contributed by atoms with Crippen molar-refractivity contribution in [3.05, 3.63) is 24.4 Å². The van der Waals surface area contributed by atoms with Gasteiger partial charge in [-0.25, -0.2) is 0 Å². The molecule has 4 heteroatoms. The highest BCUT2D eigenvalue weighted by Crippen LogP contribution is 2.46. The third-order valence-electron chi connectivity index (χ3n) is 3.01. The SMILES string of the molecule is [B]CC(=C)C1CN2C(=C)C(NC)C2S1. The molecule has 2 radical (unpaired) electrons. The topological polar surface area (TPSA) is 15.3 Å². The lowest BCUT2D eigenvalue weighted by Crippen LogP contribution is -2.58. The monoisotopic (exact) mass is 206 g/mol. The summed E-state index contributed by atoms with van der Waals surface area (Å²) in [6, 6.07) is 0.440. The second-order valence-corrected chi connectivity index (χ2v) is 5.11. The van der Waals surface area contributed by atoms with Crippen LogP contribution in [0, 0.1) is 0 Å². The summed E-state index contributed by atoms with van der Waals surface area (Å²) in [7, 11) is 7.58. The van der Waals surface area contributed by atoms with Gasteiger partial charge >= 0.3 is 0 Å². The van der Waals surface area contributed by atoms with Crippen molar-refractivity contribution in [3.63, 3.8) is 0 Å². The van der Waals surface area contributed by atoms with E-state index >= 15 is 0 Å². The predicted molar refractivity (Wildman–Crippen MR) is 63.6 cm³/mol. The van der Waals surface area contributed by atoms with E-state index in [-0.39, 0.29) is 0 Å². The largest absolute Gasteiger partial charge is 0.358 e. The first-order valence-electron chi connectivity index (χ1n) is 4.85. The van der Waals surface area contributed by atoms with Crippen molar-refractivity contribution < 1.29 is 0 Å². The van der Waals surface area contributed by atoms with Gasteiger partial charge in [-0.3, -0.25) is 0 Å². The zero-order valence-electron chi connectivity index (χ0n) is 8.49. The zero-order valence-corrected chi connectivity index (χ0v) is 9.31. The Bertz CT molecular complexity index is 279. The van der Waals surface area contributed by atoms with Gasteiger partial charge < -0.3 is 10.2 Å². The van der Waals surface area contributed by atoms with Gasteiger partial charge in [0, 0.05) is 17.5 Å². The van der Waals surface area contributed by atoms with E-state index in [1.54, 1.807) is 0 Å². The van der Waals surface area contributed by atoms with E-state index in [9.17, 15) is 0 Å². The van der Waals surface area contributed by atoms with E-state index in [2.05, 4.69) is 23.4 Å². The van der Waals surface area contributed by atoms with Crippen LogP contribution in [-0.4, -0.2) is 43.0 Å². The number of likely N-dealkylation sites (N-methyl/N-ethyl adjacent to an activating group) is 1. The second kappa shape index (κ2) is 3.67. The molecule has 74 valence electrons. The molecular formula is C10H15BN2S. The van der Waals surface area contributed by atoms with E-state index in [4.69, 9.17) is 7.85 Å². The molecule has 2 heterocycles. The van der Waals surface area contributed by atoms with Crippen molar-refractivity contribution in [2.75, 3.05) is 13.6 Å². The number of nitrogens with zero attached hydrogens (tertiary/aromatic N) is 1. The Morgan fingerprint density at radius 3 is 3.07 bits per heavy atom. The summed E-state index contributed by atoms with van der Waals surface area (Å²) >= 11 is 1.95. The summed E-state index contributed by atoms with van der Waals surface area (Å²) in [6.07, 6.45) is 0.592. The molecule has 2 nitrogen and oxygen atoms in total. The molecule has 0 spiro atoms. The minimum Gasteiger partial charge on any atom is -0.358 e. The van der Waals surface area contributed by atoms with Crippen LogP contribution in [0.3, 0.4) is 0 Å². The summed E-state index contributed by atoms with van der Waals surface area (Å²) in [5, 5.41) is 4.31. The van der Waals surface area contributed by atoms with Crippen LogP contribution < -0.4 is 5.32 Å². The lowest BCUT2D eigenvalue weighted by atomic mass is 9.94. The lowest BCUT2D eigenvalue weighted by molar-refractivity contribution is 0.200. The Hall–Kier alpha value is -0.345. The molecule has 3 unspecified atom stereocenters. The van der Waals surface area contributed by atoms with Crippen LogP contribution in [0.4, 0.5) is 0 Å². The summed E-state index contributed by atoms with van der Waals surface area (Å²) in [4.78, 5) is 2.34. The molecule has 1 N–H and O–H groups in total. The van der Waals surface area contributed by atoms with Crippen LogP contribution in [-0.2, 0) is 0 Å². The number of nitrogens with one attached hydrogen (secondary N) is 1. The smallest absolute Gasteiger partial charge is 0.0963 e. The maximum Gasteiger partial charge on any atom is 0.0963 e. The molecule has 0 aromatic heterocycles. The van der Waals surface area contributed by atoms with Gasteiger partial charge in [0.25, 0.3) is 0 Å². The van der Waals surface area contributed by atoms with Crippen LogP contribution in [0.15, 0.2) is 24.4 Å². The molecule has 2 rings (SSSR count). The minimum absolute atomic E-state index is 0.440. The minimum atomic E-state index is 0.440. The van der Waals surface area contributed by atoms with E-state index in [1.165, 1.54) is 5.70 Å². The molecule has 2 aliphatic rings. The van der Waals surface area contributed by atoms with Crippen molar-refractivity contribution in [3.8, 4) is 0 Å². The average Bonchev–Trinajstić information content (AvgIpc) is 2.58. The van der Waals surface area contributed by atoms with Gasteiger partial charge in [-0.05, 0) is 7.05 Å². The highest BCUT2D eigenvalue weighted by Gasteiger charge is 2.48. The van der Waals surface area contributed by atoms with Crippen LogP contribution in [0.25, 0.3) is 0 Å². The highest BCUT2D eigenvalue weighted by atomic mass is 32.2. The number of hydrogen-bond acceptors (Lipinski definition) is 3. The molecule has 0 bridgehead atoms. The normalized spacial score (nSPS) is 35.4. The Balaban J connectivity index is 2.01. The van der Waals surface area contributed by atoms with Crippen molar-refractivity contribution in [2.45, 2.75) is 23.0 Å². The fraction of sp³-hybridized carbons (Fsp3) is 0.600. The van der Waals surface area contributed by atoms with Crippen molar-refractivity contribution >= 4 is 19.6 Å². The number of rotatable bonds is 3. The third-order valence-corrected chi connectivity index (χ3v) is 4.63. The quantitative estimate of drug-likeness (QED) is 0.547. The van der Waals surface area contributed by atoms with E-state index in [0.717, 1.165) is 12.1 Å². The van der Waals surface area contributed by atoms with Gasteiger partial charge in [-0.1, -0.05) is 25.1 Å². The van der Waals surface area contributed by atoms with Crippen molar-refractivity contribution in [2.24, 2.45) is 0 Å². The van der Waals surface area contributed by atoms with Crippen LogP contribution in [0.5, 0.6) is 0 Å². The maximum absolute atomic E-state index is 5.60. The first kappa shape index (κ1) is 10.2. The fourth-order valence-electron chi connectivity index (χ4n) is 2.03. The average molecular weight is 206 g/mol. The summed E-state index contributed by atoms with van der Waals surface area (Å²) in [6.45, 7) is 9.10. The summed E-state index contributed by atoms with van der Waals surface area (Å²) in [5.74, 6) is 0. The number of hydrogen-bond donors (Lipinski definition) is 1.